The van der Waals surface area contributed by atoms with Crippen LogP contribution in [0.5, 0.6) is 0 Å². The molecule has 0 rings (SSSR count). The first kappa shape index (κ1) is 16.0. The predicted molar refractivity (Wildman–Crippen MR) is 59.1 cm³/mol. The summed E-state index contributed by atoms with van der Waals surface area (Å²) in [5.74, 6) is -1.32. The number of rotatable bonds is 9. The maximum atomic E-state index is 12.5. The average molecular weight is 251 g/mol. The third-order valence-electron chi connectivity index (χ3n) is 2.49. The fraction of sp³-hybridized carbons (Fsp3) is 0.667. The van der Waals surface area contributed by atoms with Crippen molar-refractivity contribution in [1.82, 2.24) is 0 Å². The van der Waals surface area contributed by atoms with E-state index in [1.165, 1.54) is 6.08 Å². The van der Waals surface area contributed by atoms with Crippen molar-refractivity contribution in [1.29, 1.82) is 0 Å². The lowest BCUT2D eigenvalue weighted by atomic mass is 9.97. The van der Waals surface area contributed by atoms with Gasteiger partial charge >= 0.3 is 6.18 Å². The smallest absolute Gasteiger partial charge is 0.392 e. The van der Waals surface area contributed by atoms with E-state index in [2.05, 4.69) is 18.2 Å². The molecule has 0 aliphatic rings. The highest BCUT2D eigenvalue weighted by Crippen LogP contribution is 2.33. The number of hydrogen-bond donors (Lipinski definition) is 0. The Balaban J connectivity index is 3.83. The van der Waals surface area contributed by atoms with Gasteiger partial charge < -0.3 is 4.74 Å². The summed E-state index contributed by atoms with van der Waals surface area (Å²) in [6.45, 7) is 7.16. The first-order valence-electron chi connectivity index (χ1n) is 5.51. The molecule has 2 nitrogen and oxygen atoms in total. The van der Waals surface area contributed by atoms with Gasteiger partial charge in [0.1, 0.15) is 6.10 Å². The number of ether oxygens (including phenoxy) is 1. The number of allylic oxidation sites excluding steroid dienone is 1. The monoisotopic (exact) mass is 251 g/mol. The van der Waals surface area contributed by atoms with Gasteiger partial charge in [0, 0.05) is 0 Å². The van der Waals surface area contributed by atoms with Crippen molar-refractivity contribution in [2.24, 2.45) is 5.92 Å². The van der Waals surface area contributed by atoms with Gasteiger partial charge in [-0.2, -0.15) is 13.2 Å². The van der Waals surface area contributed by atoms with E-state index in [1.54, 1.807) is 0 Å². The van der Waals surface area contributed by atoms with Gasteiger partial charge in [-0.25, -0.2) is 0 Å². The second-order valence-electron chi connectivity index (χ2n) is 3.90. The SMILES string of the molecule is [CH2][C@H](CCCCC(CC=C)C(F)(F)F)OC=O. The van der Waals surface area contributed by atoms with Crippen LogP contribution in [0.3, 0.4) is 0 Å². The van der Waals surface area contributed by atoms with Gasteiger partial charge in [0.15, 0.2) is 0 Å². The van der Waals surface area contributed by atoms with Crippen molar-refractivity contribution >= 4 is 6.47 Å². The molecule has 0 heterocycles. The summed E-state index contributed by atoms with van der Waals surface area (Å²) in [7, 11) is 0. The third-order valence-corrected chi connectivity index (χ3v) is 2.49. The summed E-state index contributed by atoms with van der Waals surface area (Å²) >= 11 is 0. The molecule has 0 saturated heterocycles. The number of halogens is 3. The molecule has 99 valence electrons. The van der Waals surface area contributed by atoms with Crippen LogP contribution in [-0.2, 0) is 9.53 Å². The van der Waals surface area contributed by atoms with Gasteiger partial charge in [-0.1, -0.05) is 12.5 Å². The second kappa shape index (κ2) is 8.14. The average Bonchev–Trinajstić information content (AvgIpc) is 2.21. The van der Waals surface area contributed by atoms with Crippen molar-refractivity contribution in [3.63, 3.8) is 0 Å². The number of carbonyl (C=O) groups is 1. The molecule has 0 aliphatic carbocycles. The maximum absolute atomic E-state index is 12.5. The Morgan fingerprint density at radius 1 is 1.24 bits per heavy atom. The zero-order valence-electron chi connectivity index (χ0n) is 9.71. The van der Waals surface area contributed by atoms with Gasteiger partial charge in [-0.05, 0) is 32.6 Å². The summed E-state index contributed by atoms with van der Waals surface area (Å²) < 4.78 is 42.0. The summed E-state index contributed by atoms with van der Waals surface area (Å²) in [6, 6.07) is 0. The molecule has 0 amide bonds. The molecule has 17 heavy (non-hydrogen) atoms. The van der Waals surface area contributed by atoms with Gasteiger partial charge in [-0.15, -0.1) is 6.58 Å². The summed E-state index contributed by atoms with van der Waals surface area (Å²) in [4.78, 5) is 9.95. The summed E-state index contributed by atoms with van der Waals surface area (Å²) in [6.07, 6.45) is -1.85. The summed E-state index contributed by atoms with van der Waals surface area (Å²) in [5.41, 5.74) is 0. The van der Waals surface area contributed by atoms with E-state index in [1.807, 2.05) is 0 Å². The van der Waals surface area contributed by atoms with E-state index < -0.39 is 18.2 Å². The first-order chi connectivity index (χ1) is 7.91. The predicted octanol–water partition coefficient (Wildman–Crippen LogP) is 3.68. The lowest BCUT2D eigenvalue weighted by Gasteiger charge is -2.18. The second-order valence-corrected chi connectivity index (χ2v) is 3.90. The fourth-order valence-corrected chi connectivity index (χ4v) is 1.53. The number of hydrogen-bond acceptors (Lipinski definition) is 2. The van der Waals surface area contributed by atoms with E-state index in [-0.39, 0.29) is 12.8 Å². The van der Waals surface area contributed by atoms with Crippen molar-refractivity contribution in [2.75, 3.05) is 0 Å². The molecule has 0 aromatic carbocycles. The largest absolute Gasteiger partial charge is 0.465 e. The van der Waals surface area contributed by atoms with Crippen LogP contribution < -0.4 is 0 Å². The highest BCUT2D eigenvalue weighted by atomic mass is 19.4. The molecule has 0 bridgehead atoms. The Morgan fingerprint density at radius 2 is 1.82 bits per heavy atom. The van der Waals surface area contributed by atoms with E-state index in [9.17, 15) is 18.0 Å². The minimum Gasteiger partial charge on any atom is -0.465 e. The molecule has 1 unspecified atom stereocenters. The minimum atomic E-state index is -4.17. The van der Waals surface area contributed by atoms with Gasteiger partial charge in [0.2, 0.25) is 0 Å². The van der Waals surface area contributed by atoms with Crippen LogP contribution in [-0.4, -0.2) is 18.8 Å². The van der Waals surface area contributed by atoms with E-state index in [0.29, 0.717) is 25.7 Å². The van der Waals surface area contributed by atoms with Gasteiger partial charge in [0.05, 0.1) is 5.92 Å². The van der Waals surface area contributed by atoms with Crippen molar-refractivity contribution in [2.45, 2.75) is 44.4 Å². The maximum Gasteiger partial charge on any atom is 0.392 e. The number of carbonyl (C=O) groups excluding carboxylic acids is 1. The van der Waals surface area contributed by atoms with Gasteiger partial charge in [0.25, 0.3) is 6.47 Å². The van der Waals surface area contributed by atoms with Crippen molar-refractivity contribution < 1.29 is 22.7 Å². The van der Waals surface area contributed by atoms with Crippen molar-refractivity contribution in [3.05, 3.63) is 19.6 Å². The Kier molecular flexibility index (Phi) is 7.66. The molecule has 2 atom stereocenters. The molecule has 0 spiro atoms. The topological polar surface area (TPSA) is 26.3 Å². The van der Waals surface area contributed by atoms with Crippen LogP contribution in [0.15, 0.2) is 12.7 Å². The van der Waals surface area contributed by atoms with Crippen LogP contribution >= 0.6 is 0 Å². The van der Waals surface area contributed by atoms with Crippen LogP contribution in [0, 0.1) is 12.8 Å². The van der Waals surface area contributed by atoms with E-state index >= 15 is 0 Å². The Labute approximate surface area is 99.8 Å². The number of alkyl halides is 3. The molecule has 0 aliphatic heterocycles. The van der Waals surface area contributed by atoms with Crippen LogP contribution in [0.1, 0.15) is 32.1 Å². The lowest BCUT2D eigenvalue weighted by Crippen LogP contribution is -2.22. The van der Waals surface area contributed by atoms with Crippen LogP contribution in [0.25, 0.3) is 0 Å². The van der Waals surface area contributed by atoms with Gasteiger partial charge in [-0.3, -0.25) is 4.79 Å². The first-order valence-corrected chi connectivity index (χ1v) is 5.51. The molecule has 5 heteroatoms. The summed E-state index contributed by atoms with van der Waals surface area (Å²) in [5, 5.41) is 0. The number of unbranched alkanes of at least 4 members (excludes halogenated alkanes) is 1. The zero-order chi connectivity index (χ0) is 13.3. The van der Waals surface area contributed by atoms with E-state index in [4.69, 9.17) is 0 Å². The zero-order valence-corrected chi connectivity index (χ0v) is 9.71. The van der Waals surface area contributed by atoms with Crippen LogP contribution in [0.4, 0.5) is 13.2 Å². The molecule has 1 radical (unpaired) electrons. The molecule has 0 saturated carbocycles. The van der Waals surface area contributed by atoms with Crippen LogP contribution in [0.2, 0.25) is 0 Å². The third kappa shape index (κ3) is 7.82. The Bertz CT molecular complexity index is 226. The Hall–Kier alpha value is -1.00. The minimum absolute atomic E-state index is 0.0534. The highest BCUT2D eigenvalue weighted by molar-refractivity contribution is 5.37. The van der Waals surface area contributed by atoms with E-state index in [0.717, 1.165) is 0 Å². The molecule has 0 aromatic rings. The lowest BCUT2D eigenvalue weighted by molar-refractivity contribution is -0.175. The Morgan fingerprint density at radius 3 is 2.29 bits per heavy atom. The molecule has 0 fully saturated rings. The molecule has 0 aromatic heterocycles. The quantitative estimate of drug-likeness (QED) is 0.355. The molecule has 0 N–H and O–H groups in total. The molecular weight excluding hydrogens is 233 g/mol. The normalized spacial score (nSPS) is 15.1. The fourth-order valence-electron chi connectivity index (χ4n) is 1.53. The van der Waals surface area contributed by atoms with Crippen molar-refractivity contribution in [3.8, 4) is 0 Å². The molecular formula is C12H18F3O2. The highest BCUT2D eigenvalue weighted by Gasteiger charge is 2.37. The standard InChI is InChI=1S/C12H18F3O2/c1-3-6-11(12(13,14)15)8-5-4-7-10(2)17-9-16/h3,9-11H,1-2,4-8H2/t10-,11?/m1/s1.